The Morgan fingerprint density at radius 3 is 2.61 bits per heavy atom. The first-order valence-electron chi connectivity index (χ1n) is 6.09. The van der Waals surface area contributed by atoms with E-state index in [1.807, 2.05) is 0 Å². The number of rotatable bonds is 2. The fourth-order valence-corrected chi connectivity index (χ4v) is 2.23. The van der Waals surface area contributed by atoms with Crippen molar-refractivity contribution in [2.24, 2.45) is 5.73 Å². The third-order valence-corrected chi connectivity index (χ3v) is 3.32. The minimum atomic E-state index is -1.02. The first kappa shape index (κ1) is 13.0. The van der Waals surface area contributed by atoms with Gasteiger partial charge in [0.2, 0.25) is 0 Å². The summed E-state index contributed by atoms with van der Waals surface area (Å²) in [6, 6.07) is 2.97. The molecule has 5 heteroatoms. The summed E-state index contributed by atoms with van der Waals surface area (Å²) in [4.78, 5) is 11.9. The van der Waals surface area contributed by atoms with Gasteiger partial charge in [0.25, 0.3) is 5.91 Å². The fraction of sp³-hybridized carbons (Fsp3) is 0.462. The molecule has 0 aliphatic heterocycles. The topological polar surface area (TPSA) is 55.1 Å². The Morgan fingerprint density at radius 1 is 1.22 bits per heavy atom. The van der Waals surface area contributed by atoms with E-state index in [1.54, 1.807) is 0 Å². The first-order chi connectivity index (χ1) is 8.58. The molecule has 3 N–H and O–H groups in total. The van der Waals surface area contributed by atoms with Gasteiger partial charge in [-0.3, -0.25) is 4.79 Å². The molecule has 1 aliphatic rings. The molecule has 2 rings (SSSR count). The number of carbonyl (C=O) groups is 1. The number of amides is 1. The minimum absolute atomic E-state index is 0.0620. The zero-order chi connectivity index (χ0) is 13.1. The lowest BCUT2D eigenvalue weighted by Crippen LogP contribution is -2.49. The van der Waals surface area contributed by atoms with Crippen molar-refractivity contribution in [2.75, 3.05) is 0 Å². The molecule has 1 aromatic carbocycles. The fourth-order valence-electron chi connectivity index (χ4n) is 2.23. The molecule has 0 spiro atoms. The van der Waals surface area contributed by atoms with Gasteiger partial charge in [-0.15, -0.1) is 0 Å². The van der Waals surface area contributed by atoms with Crippen LogP contribution in [0, 0.1) is 11.6 Å². The van der Waals surface area contributed by atoms with Gasteiger partial charge in [-0.25, -0.2) is 8.78 Å². The molecule has 1 fully saturated rings. The molecule has 3 nitrogen and oxygen atoms in total. The molecule has 1 aromatic rings. The van der Waals surface area contributed by atoms with Crippen molar-refractivity contribution < 1.29 is 13.6 Å². The lowest BCUT2D eigenvalue weighted by Gasteiger charge is -2.29. The SMILES string of the molecule is NC1CCCCC1NC(=O)c1ccc(F)c(F)c1. The van der Waals surface area contributed by atoms with E-state index in [4.69, 9.17) is 5.73 Å². The Bertz CT molecular complexity index is 451. The Labute approximate surface area is 104 Å². The number of nitrogens with two attached hydrogens (primary N) is 1. The average Bonchev–Trinajstić information content (AvgIpc) is 2.35. The molecule has 18 heavy (non-hydrogen) atoms. The Hall–Kier alpha value is -1.49. The summed E-state index contributed by atoms with van der Waals surface area (Å²) in [7, 11) is 0. The van der Waals surface area contributed by atoms with E-state index in [2.05, 4.69) is 5.32 Å². The van der Waals surface area contributed by atoms with Crippen LogP contribution < -0.4 is 11.1 Å². The van der Waals surface area contributed by atoms with Gasteiger partial charge in [0.05, 0.1) is 0 Å². The largest absolute Gasteiger partial charge is 0.348 e. The van der Waals surface area contributed by atoms with Gasteiger partial charge in [0.15, 0.2) is 11.6 Å². The Kier molecular flexibility index (Phi) is 3.91. The van der Waals surface area contributed by atoms with Crippen molar-refractivity contribution >= 4 is 5.91 Å². The Balaban J connectivity index is 2.04. The van der Waals surface area contributed by atoms with Gasteiger partial charge in [-0.1, -0.05) is 12.8 Å². The maximum absolute atomic E-state index is 13.0. The molecular formula is C13H16F2N2O. The second-order valence-electron chi connectivity index (χ2n) is 4.66. The van der Waals surface area contributed by atoms with E-state index in [9.17, 15) is 13.6 Å². The first-order valence-corrected chi connectivity index (χ1v) is 6.09. The highest BCUT2D eigenvalue weighted by Crippen LogP contribution is 2.17. The lowest BCUT2D eigenvalue weighted by atomic mass is 9.91. The predicted molar refractivity (Wildman–Crippen MR) is 64.1 cm³/mol. The van der Waals surface area contributed by atoms with Crippen molar-refractivity contribution in [3.8, 4) is 0 Å². The molecule has 1 saturated carbocycles. The minimum Gasteiger partial charge on any atom is -0.348 e. The van der Waals surface area contributed by atoms with Crippen LogP contribution in [-0.4, -0.2) is 18.0 Å². The molecule has 0 heterocycles. The number of halogens is 2. The van der Waals surface area contributed by atoms with Crippen LogP contribution >= 0.6 is 0 Å². The van der Waals surface area contributed by atoms with Gasteiger partial charge in [-0.2, -0.15) is 0 Å². The molecule has 0 bridgehead atoms. The lowest BCUT2D eigenvalue weighted by molar-refractivity contribution is 0.0920. The molecule has 2 atom stereocenters. The van der Waals surface area contributed by atoms with Crippen LogP contribution in [0.4, 0.5) is 8.78 Å². The normalized spacial score (nSPS) is 23.7. The van der Waals surface area contributed by atoms with Crippen molar-refractivity contribution in [3.05, 3.63) is 35.4 Å². The van der Waals surface area contributed by atoms with Crippen LogP contribution in [0.25, 0.3) is 0 Å². The highest BCUT2D eigenvalue weighted by atomic mass is 19.2. The third-order valence-electron chi connectivity index (χ3n) is 3.32. The maximum atomic E-state index is 13.0. The summed E-state index contributed by atoms with van der Waals surface area (Å²) < 4.78 is 25.8. The molecule has 1 amide bonds. The van der Waals surface area contributed by atoms with Crippen LogP contribution in [0.3, 0.4) is 0 Å². The number of benzene rings is 1. The predicted octanol–water partition coefficient (Wildman–Crippen LogP) is 1.96. The van der Waals surface area contributed by atoms with E-state index in [1.165, 1.54) is 6.07 Å². The van der Waals surface area contributed by atoms with E-state index in [-0.39, 0.29) is 17.6 Å². The summed E-state index contributed by atoms with van der Waals surface area (Å²) in [5.41, 5.74) is 6.03. The van der Waals surface area contributed by atoms with Crippen molar-refractivity contribution in [3.63, 3.8) is 0 Å². The van der Waals surface area contributed by atoms with E-state index < -0.39 is 17.5 Å². The van der Waals surface area contributed by atoms with Crippen LogP contribution in [0.1, 0.15) is 36.0 Å². The smallest absolute Gasteiger partial charge is 0.251 e. The van der Waals surface area contributed by atoms with Crippen molar-refractivity contribution in [1.29, 1.82) is 0 Å². The summed E-state index contributed by atoms with van der Waals surface area (Å²) >= 11 is 0. The van der Waals surface area contributed by atoms with Crippen molar-refractivity contribution in [2.45, 2.75) is 37.8 Å². The summed E-state index contributed by atoms with van der Waals surface area (Å²) in [6.07, 6.45) is 3.80. The quantitative estimate of drug-likeness (QED) is 0.847. The van der Waals surface area contributed by atoms with Gasteiger partial charge in [0.1, 0.15) is 0 Å². The zero-order valence-electron chi connectivity index (χ0n) is 9.96. The number of hydrogen-bond donors (Lipinski definition) is 2. The molecule has 2 unspecified atom stereocenters. The molecule has 0 saturated heterocycles. The molecule has 0 radical (unpaired) electrons. The third kappa shape index (κ3) is 2.85. The summed E-state index contributed by atoms with van der Waals surface area (Å²) in [5.74, 6) is -2.38. The number of carbonyl (C=O) groups excluding carboxylic acids is 1. The van der Waals surface area contributed by atoms with E-state index >= 15 is 0 Å². The summed E-state index contributed by atoms with van der Waals surface area (Å²) in [5, 5.41) is 2.78. The summed E-state index contributed by atoms with van der Waals surface area (Å²) in [6.45, 7) is 0. The number of nitrogens with one attached hydrogen (secondary N) is 1. The molecular weight excluding hydrogens is 238 g/mol. The van der Waals surface area contributed by atoms with Gasteiger partial charge < -0.3 is 11.1 Å². The van der Waals surface area contributed by atoms with Crippen LogP contribution in [-0.2, 0) is 0 Å². The van der Waals surface area contributed by atoms with E-state index in [0.717, 1.165) is 37.8 Å². The molecule has 0 aromatic heterocycles. The highest BCUT2D eigenvalue weighted by Gasteiger charge is 2.23. The van der Waals surface area contributed by atoms with Gasteiger partial charge in [0, 0.05) is 17.6 Å². The molecule has 1 aliphatic carbocycles. The number of hydrogen-bond acceptors (Lipinski definition) is 2. The van der Waals surface area contributed by atoms with Crippen LogP contribution in [0.2, 0.25) is 0 Å². The van der Waals surface area contributed by atoms with Crippen molar-refractivity contribution in [1.82, 2.24) is 5.32 Å². The average molecular weight is 254 g/mol. The zero-order valence-corrected chi connectivity index (χ0v) is 9.96. The van der Waals surface area contributed by atoms with E-state index in [0.29, 0.717) is 0 Å². The maximum Gasteiger partial charge on any atom is 0.251 e. The van der Waals surface area contributed by atoms with Crippen LogP contribution in [0.5, 0.6) is 0 Å². The van der Waals surface area contributed by atoms with Gasteiger partial charge in [-0.05, 0) is 31.0 Å². The van der Waals surface area contributed by atoms with Gasteiger partial charge >= 0.3 is 0 Å². The monoisotopic (exact) mass is 254 g/mol. The Morgan fingerprint density at radius 2 is 1.94 bits per heavy atom. The second kappa shape index (κ2) is 5.44. The molecule has 98 valence electrons. The standard InChI is InChI=1S/C13H16F2N2O/c14-9-6-5-8(7-10(9)15)13(18)17-12-4-2-1-3-11(12)16/h5-7,11-12H,1-4,16H2,(H,17,18). The van der Waals surface area contributed by atoms with Crippen LogP contribution in [0.15, 0.2) is 18.2 Å². The highest BCUT2D eigenvalue weighted by molar-refractivity contribution is 5.94. The second-order valence-corrected chi connectivity index (χ2v) is 4.66.